The normalized spacial score (nSPS) is 9.95. The Morgan fingerprint density at radius 3 is 2.48 bits per heavy atom. The number of halogens is 1. The number of ether oxygens (including phenoxy) is 1. The van der Waals surface area contributed by atoms with Crippen LogP contribution in [-0.4, -0.2) is 17.2 Å². The van der Waals surface area contributed by atoms with Gasteiger partial charge in [0.1, 0.15) is 6.61 Å². The van der Waals surface area contributed by atoms with Gasteiger partial charge in [-0.1, -0.05) is 48.0 Å². The van der Waals surface area contributed by atoms with Gasteiger partial charge in [-0.05, 0) is 17.7 Å². The highest BCUT2D eigenvalue weighted by Gasteiger charge is 2.16. The molecule has 0 radical (unpaired) electrons. The predicted molar refractivity (Wildman–Crippen MR) is 78.7 cm³/mol. The smallest absolute Gasteiger partial charge is 0.412 e. The monoisotopic (exact) mass is 305 g/mol. The van der Waals surface area contributed by atoms with Gasteiger partial charge in [-0.2, -0.15) is 0 Å². The highest BCUT2D eigenvalue weighted by Crippen LogP contribution is 2.26. The molecule has 2 N–H and O–H groups in total. The number of carboxylic acid groups (broad SMARTS) is 1. The van der Waals surface area contributed by atoms with Crippen molar-refractivity contribution in [3.8, 4) is 0 Å². The molecule has 0 aliphatic heterocycles. The lowest BCUT2D eigenvalue weighted by atomic mass is 10.2. The number of carbonyl (C=O) groups is 2. The molecule has 108 valence electrons. The molecule has 5 nitrogen and oxygen atoms in total. The van der Waals surface area contributed by atoms with Crippen LogP contribution < -0.4 is 5.32 Å². The van der Waals surface area contributed by atoms with Gasteiger partial charge in [0.15, 0.2) is 0 Å². The maximum Gasteiger partial charge on any atom is 0.412 e. The Bertz CT molecular complexity index is 658. The van der Waals surface area contributed by atoms with E-state index >= 15 is 0 Å². The van der Waals surface area contributed by atoms with Gasteiger partial charge in [0.05, 0.1) is 16.3 Å². The Balaban J connectivity index is 2.05. The van der Waals surface area contributed by atoms with E-state index in [1.165, 1.54) is 18.2 Å². The molecule has 2 aromatic carbocycles. The molecule has 0 saturated heterocycles. The van der Waals surface area contributed by atoms with E-state index in [0.717, 1.165) is 5.56 Å². The van der Waals surface area contributed by atoms with Crippen LogP contribution in [0.4, 0.5) is 10.5 Å². The molecule has 0 atom stereocenters. The van der Waals surface area contributed by atoms with Gasteiger partial charge in [0, 0.05) is 0 Å². The molecule has 0 saturated carbocycles. The number of anilines is 1. The second-order valence-corrected chi connectivity index (χ2v) is 4.56. The number of para-hydroxylation sites is 1. The number of hydrogen-bond acceptors (Lipinski definition) is 3. The van der Waals surface area contributed by atoms with Gasteiger partial charge in [-0.3, -0.25) is 5.32 Å². The van der Waals surface area contributed by atoms with Crippen LogP contribution in [0.1, 0.15) is 15.9 Å². The van der Waals surface area contributed by atoms with Crippen molar-refractivity contribution in [3.63, 3.8) is 0 Å². The van der Waals surface area contributed by atoms with Crippen LogP contribution in [0.15, 0.2) is 48.5 Å². The summed E-state index contributed by atoms with van der Waals surface area (Å²) in [4.78, 5) is 22.8. The van der Waals surface area contributed by atoms with Crippen LogP contribution in [0.25, 0.3) is 0 Å². The zero-order valence-corrected chi connectivity index (χ0v) is 11.6. The summed E-state index contributed by atoms with van der Waals surface area (Å²) in [5.74, 6) is -1.18. The van der Waals surface area contributed by atoms with Gasteiger partial charge >= 0.3 is 12.1 Å². The van der Waals surface area contributed by atoms with Gasteiger partial charge in [0.25, 0.3) is 0 Å². The standard InChI is InChI=1S/C15H12ClNO4/c16-12-8-4-7-11(14(18)19)13(12)17-15(20)21-9-10-5-2-1-3-6-10/h1-8H,9H2,(H,17,20)(H,18,19). The van der Waals surface area contributed by atoms with E-state index < -0.39 is 12.1 Å². The second-order valence-electron chi connectivity index (χ2n) is 4.15. The first-order valence-electron chi connectivity index (χ1n) is 6.07. The molecule has 21 heavy (non-hydrogen) atoms. The second kappa shape index (κ2) is 6.76. The first-order chi connectivity index (χ1) is 10.1. The summed E-state index contributed by atoms with van der Waals surface area (Å²) in [5.41, 5.74) is 0.745. The Labute approximate surface area is 126 Å². The van der Waals surface area contributed by atoms with Crippen molar-refractivity contribution < 1.29 is 19.4 Å². The van der Waals surface area contributed by atoms with Crippen LogP contribution in [0.5, 0.6) is 0 Å². The first-order valence-corrected chi connectivity index (χ1v) is 6.45. The molecule has 0 unspecified atom stereocenters. The number of carbonyl (C=O) groups excluding carboxylic acids is 1. The van der Waals surface area contributed by atoms with Gasteiger partial charge in [0.2, 0.25) is 0 Å². The van der Waals surface area contributed by atoms with Crippen molar-refractivity contribution in [1.82, 2.24) is 0 Å². The van der Waals surface area contributed by atoms with Crippen LogP contribution >= 0.6 is 11.6 Å². The maximum atomic E-state index is 11.7. The van der Waals surface area contributed by atoms with E-state index in [4.69, 9.17) is 21.4 Å². The predicted octanol–water partition coefficient (Wildman–Crippen LogP) is 3.79. The highest BCUT2D eigenvalue weighted by molar-refractivity contribution is 6.34. The topological polar surface area (TPSA) is 75.6 Å². The maximum absolute atomic E-state index is 11.7. The van der Waals surface area contributed by atoms with E-state index in [2.05, 4.69) is 5.32 Å². The van der Waals surface area contributed by atoms with Crippen LogP contribution in [0.2, 0.25) is 5.02 Å². The molecule has 0 spiro atoms. The Hall–Kier alpha value is -2.53. The fraction of sp³-hybridized carbons (Fsp3) is 0.0667. The number of hydrogen-bond donors (Lipinski definition) is 2. The Morgan fingerprint density at radius 2 is 1.81 bits per heavy atom. The third-order valence-corrected chi connectivity index (χ3v) is 3.00. The quantitative estimate of drug-likeness (QED) is 0.901. The highest BCUT2D eigenvalue weighted by atomic mass is 35.5. The summed E-state index contributed by atoms with van der Waals surface area (Å²) in [6.07, 6.45) is -0.769. The number of carboxylic acids is 1. The van der Waals surface area contributed by atoms with Crippen molar-refractivity contribution in [2.45, 2.75) is 6.61 Å². The Kier molecular flexibility index (Phi) is 4.79. The third-order valence-electron chi connectivity index (χ3n) is 2.68. The molecular weight excluding hydrogens is 294 g/mol. The molecule has 0 aliphatic carbocycles. The van der Waals surface area contributed by atoms with Crippen molar-refractivity contribution in [3.05, 3.63) is 64.7 Å². The molecule has 2 aromatic rings. The molecule has 0 fully saturated rings. The van der Waals surface area contributed by atoms with Crippen LogP contribution in [-0.2, 0) is 11.3 Å². The largest absolute Gasteiger partial charge is 0.478 e. The lowest BCUT2D eigenvalue weighted by Gasteiger charge is -2.10. The number of nitrogens with one attached hydrogen (secondary N) is 1. The summed E-state index contributed by atoms with van der Waals surface area (Å²) in [5, 5.41) is 11.5. The average Bonchev–Trinajstić information content (AvgIpc) is 2.48. The van der Waals surface area contributed by atoms with Crippen molar-refractivity contribution in [2.24, 2.45) is 0 Å². The fourth-order valence-electron chi connectivity index (χ4n) is 1.69. The van der Waals surface area contributed by atoms with E-state index in [1.807, 2.05) is 30.3 Å². The molecule has 0 bridgehead atoms. The molecular formula is C15H12ClNO4. The summed E-state index contributed by atoms with van der Waals surface area (Å²) in [6, 6.07) is 13.5. The average molecular weight is 306 g/mol. The zero-order valence-electron chi connectivity index (χ0n) is 10.9. The van der Waals surface area contributed by atoms with Crippen molar-refractivity contribution >= 4 is 29.4 Å². The van der Waals surface area contributed by atoms with Gasteiger partial charge in [-0.15, -0.1) is 0 Å². The molecule has 0 heterocycles. The van der Waals surface area contributed by atoms with Gasteiger partial charge < -0.3 is 9.84 Å². The molecule has 0 aromatic heterocycles. The molecule has 0 aliphatic rings. The number of benzene rings is 2. The lowest BCUT2D eigenvalue weighted by molar-refractivity contribution is 0.0698. The minimum atomic E-state index is -1.18. The summed E-state index contributed by atoms with van der Waals surface area (Å²) in [7, 11) is 0. The number of aromatic carboxylic acids is 1. The lowest BCUT2D eigenvalue weighted by Crippen LogP contribution is -2.16. The number of amides is 1. The van der Waals surface area contributed by atoms with Gasteiger partial charge in [-0.25, -0.2) is 9.59 Å². The fourth-order valence-corrected chi connectivity index (χ4v) is 1.91. The Morgan fingerprint density at radius 1 is 1.10 bits per heavy atom. The molecule has 6 heteroatoms. The third kappa shape index (κ3) is 3.97. The summed E-state index contributed by atoms with van der Waals surface area (Å²) < 4.78 is 5.02. The van der Waals surface area contributed by atoms with Crippen LogP contribution in [0.3, 0.4) is 0 Å². The number of rotatable bonds is 4. The zero-order chi connectivity index (χ0) is 15.2. The van der Waals surface area contributed by atoms with E-state index in [9.17, 15) is 9.59 Å². The van der Waals surface area contributed by atoms with Crippen LogP contribution in [0, 0.1) is 0 Å². The SMILES string of the molecule is O=C(Nc1c(Cl)cccc1C(=O)O)OCc1ccccc1. The van der Waals surface area contributed by atoms with E-state index in [0.29, 0.717) is 0 Å². The summed E-state index contributed by atoms with van der Waals surface area (Å²) >= 11 is 5.90. The molecule has 1 amide bonds. The minimum Gasteiger partial charge on any atom is -0.478 e. The van der Waals surface area contributed by atoms with E-state index in [1.54, 1.807) is 0 Å². The molecule has 2 rings (SSSR count). The summed E-state index contributed by atoms with van der Waals surface area (Å²) in [6.45, 7) is 0.0829. The first kappa shape index (κ1) is 14.9. The van der Waals surface area contributed by atoms with Crippen molar-refractivity contribution in [2.75, 3.05) is 5.32 Å². The van der Waals surface area contributed by atoms with E-state index in [-0.39, 0.29) is 22.9 Å². The van der Waals surface area contributed by atoms with Crippen molar-refractivity contribution in [1.29, 1.82) is 0 Å². The minimum absolute atomic E-state index is 0.0183.